The zero-order valence-electron chi connectivity index (χ0n) is 16.1. The van der Waals surface area contributed by atoms with E-state index in [1.807, 2.05) is 29.2 Å². The Kier molecular flexibility index (Phi) is 5.55. The number of methoxy groups -OCH3 is 1. The Balaban J connectivity index is 1.59. The molecule has 0 unspecified atom stereocenters. The van der Waals surface area contributed by atoms with Gasteiger partial charge >= 0.3 is 0 Å². The van der Waals surface area contributed by atoms with Gasteiger partial charge in [-0.2, -0.15) is 0 Å². The molecule has 0 aromatic heterocycles. The maximum atomic E-state index is 13.0. The average Bonchev–Trinajstić information content (AvgIpc) is 3.01. The number of nitrogens with zero attached hydrogens (tertiary/aromatic N) is 2. The molecule has 2 aliphatic heterocycles. The van der Waals surface area contributed by atoms with Gasteiger partial charge in [-0.15, -0.1) is 0 Å². The predicted molar refractivity (Wildman–Crippen MR) is 113 cm³/mol. The van der Waals surface area contributed by atoms with Crippen molar-refractivity contribution < 1.29 is 17.9 Å². The largest absolute Gasteiger partial charge is 0.496 e. The first-order valence-corrected chi connectivity index (χ1v) is 11.7. The van der Waals surface area contributed by atoms with Gasteiger partial charge in [0.05, 0.1) is 31.2 Å². The number of piperazine rings is 1. The van der Waals surface area contributed by atoms with Crippen LogP contribution in [0.5, 0.6) is 5.75 Å². The van der Waals surface area contributed by atoms with Crippen molar-refractivity contribution in [1.82, 2.24) is 4.90 Å². The highest BCUT2D eigenvalue weighted by molar-refractivity contribution is 7.91. The molecular weight excluding hydrogens is 412 g/mol. The van der Waals surface area contributed by atoms with E-state index in [9.17, 15) is 13.2 Å². The topological polar surface area (TPSA) is 66.9 Å². The Labute approximate surface area is 175 Å². The Morgan fingerprint density at radius 1 is 1.10 bits per heavy atom. The van der Waals surface area contributed by atoms with Crippen molar-refractivity contribution in [3.63, 3.8) is 0 Å². The molecule has 2 saturated heterocycles. The third kappa shape index (κ3) is 4.13. The third-order valence-electron chi connectivity index (χ3n) is 5.65. The fourth-order valence-corrected chi connectivity index (χ4v) is 6.50. The molecule has 0 spiro atoms. The van der Waals surface area contributed by atoms with E-state index in [-0.39, 0.29) is 30.0 Å². The minimum absolute atomic E-state index is 0.0267. The van der Waals surface area contributed by atoms with Crippen LogP contribution in [0.3, 0.4) is 0 Å². The highest BCUT2D eigenvalue weighted by Crippen LogP contribution is 2.33. The van der Waals surface area contributed by atoms with Crippen molar-refractivity contribution in [2.24, 2.45) is 0 Å². The number of hydrogen-bond donors (Lipinski definition) is 0. The number of fused-ring (bicyclic) bond motifs is 1. The Morgan fingerprint density at radius 3 is 2.62 bits per heavy atom. The molecule has 154 valence electrons. The Morgan fingerprint density at radius 2 is 1.86 bits per heavy atom. The Bertz CT molecular complexity index is 1030. The summed E-state index contributed by atoms with van der Waals surface area (Å²) in [7, 11) is -1.59. The first-order valence-electron chi connectivity index (χ1n) is 9.52. The minimum Gasteiger partial charge on any atom is -0.496 e. The number of rotatable bonds is 5. The van der Waals surface area contributed by atoms with Crippen molar-refractivity contribution in [3.05, 3.63) is 59.1 Å². The summed E-state index contributed by atoms with van der Waals surface area (Å²) in [6.45, 7) is 0.768. The molecule has 0 radical (unpaired) electrons. The Hall–Kier alpha value is -2.09. The molecule has 8 heteroatoms. The second kappa shape index (κ2) is 7.97. The highest BCUT2D eigenvalue weighted by atomic mass is 35.5. The number of anilines is 1. The van der Waals surface area contributed by atoms with Crippen molar-refractivity contribution in [1.29, 1.82) is 0 Å². The van der Waals surface area contributed by atoms with E-state index in [2.05, 4.69) is 0 Å². The zero-order valence-corrected chi connectivity index (χ0v) is 17.7. The molecule has 2 aromatic rings. The van der Waals surface area contributed by atoms with E-state index in [4.69, 9.17) is 16.3 Å². The van der Waals surface area contributed by atoms with Gasteiger partial charge in [-0.25, -0.2) is 8.42 Å². The maximum Gasteiger partial charge on any atom is 0.241 e. The van der Waals surface area contributed by atoms with Crippen LogP contribution in [0, 0.1) is 0 Å². The highest BCUT2D eigenvalue weighted by Gasteiger charge is 2.49. The van der Waals surface area contributed by atoms with E-state index < -0.39 is 15.9 Å². The third-order valence-corrected chi connectivity index (χ3v) is 7.58. The summed E-state index contributed by atoms with van der Waals surface area (Å²) < 4.78 is 30.3. The lowest BCUT2D eigenvalue weighted by Crippen LogP contribution is -2.62. The molecule has 6 nitrogen and oxygen atoms in total. The second-order valence-corrected chi connectivity index (χ2v) is 10.1. The van der Waals surface area contributed by atoms with Gasteiger partial charge in [-0.1, -0.05) is 35.9 Å². The van der Waals surface area contributed by atoms with Gasteiger partial charge in [0, 0.05) is 23.3 Å². The number of sulfone groups is 1. The van der Waals surface area contributed by atoms with E-state index in [0.717, 1.165) is 11.3 Å². The first kappa shape index (κ1) is 20.2. The second-order valence-electron chi connectivity index (χ2n) is 7.49. The number of amides is 1. The molecular formula is C21H23ClN2O4S. The summed E-state index contributed by atoms with van der Waals surface area (Å²) in [5.74, 6) is 0.729. The van der Waals surface area contributed by atoms with E-state index in [0.29, 0.717) is 23.7 Å². The van der Waals surface area contributed by atoms with Gasteiger partial charge in [0.2, 0.25) is 5.91 Å². The van der Waals surface area contributed by atoms with E-state index in [1.54, 1.807) is 36.3 Å². The lowest BCUT2D eigenvalue weighted by molar-refractivity contribution is -0.123. The molecule has 4 rings (SSSR count). The average molecular weight is 435 g/mol. The van der Waals surface area contributed by atoms with E-state index in [1.165, 1.54) is 0 Å². The maximum absolute atomic E-state index is 13.0. The number of carbonyl (C=O) groups excluding carboxylic acids is 1. The molecule has 2 fully saturated rings. The summed E-state index contributed by atoms with van der Waals surface area (Å²) in [5.41, 5.74) is 1.69. The molecule has 0 bridgehead atoms. The summed E-state index contributed by atoms with van der Waals surface area (Å²) in [4.78, 5) is 16.7. The lowest BCUT2D eigenvalue weighted by atomic mass is 10.0. The van der Waals surface area contributed by atoms with Crippen LogP contribution in [0.2, 0.25) is 5.02 Å². The van der Waals surface area contributed by atoms with Crippen LogP contribution in [0.1, 0.15) is 5.56 Å². The van der Waals surface area contributed by atoms with Crippen LogP contribution in [0.25, 0.3) is 0 Å². The van der Waals surface area contributed by atoms with Gasteiger partial charge in [-0.05, 0) is 36.2 Å². The summed E-state index contributed by atoms with van der Waals surface area (Å²) >= 11 is 6.11. The van der Waals surface area contributed by atoms with Crippen LogP contribution in [-0.2, 0) is 21.1 Å². The SMILES string of the molecule is COc1ccccc1CCN1CC(=O)N(c2cccc(Cl)c2)[C@H]2CS(=O)(=O)C[C@H]21. The standard InChI is InChI=1S/C21H23ClN2O4S/c1-28-20-8-3-2-5-15(20)9-10-23-12-21(25)24(17-7-4-6-16(22)11-17)19-14-29(26,27)13-18(19)23/h2-8,11,18-19H,9-10,12-14H2,1H3/t18-,19+/m1/s1. The van der Waals surface area contributed by atoms with Crippen molar-refractivity contribution >= 4 is 33.0 Å². The zero-order chi connectivity index (χ0) is 20.6. The molecule has 2 aromatic carbocycles. The molecule has 0 saturated carbocycles. The molecule has 0 N–H and O–H groups in total. The minimum atomic E-state index is -3.23. The number of ether oxygens (including phenoxy) is 1. The van der Waals surface area contributed by atoms with Crippen molar-refractivity contribution in [3.8, 4) is 5.75 Å². The summed E-state index contributed by atoms with van der Waals surface area (Å²) in [5, 5.41) is 0.520. The summed E-state index contributed by atoms with van der Waals surface area (Å²) in [6, 6.07) is 14.1. The smallest absolute Gasteiger partial charge is 0.241 e. The molecule has 2 aliphatic rings. The number of hydrogen-bond acceptors (Lipinski definition) is 5. The van der Waals surface area contributed by atoms with Crippen LogP contribution in [0.15, 0.2) is 48.5 Å². The van der Waals surface area contributed by atoms with Crippen LogP contribution in [-0.4, -0.2) is 63.0 Å². The number of halogens is 1. The van der Waals surface area contributed by atoms with Gasteiger partial charge in [0.1, 0.15) is 5.75 Å². The number of benzene rings is 2. The van der Waals surface area contributed by atoms with Gasteiger partial charge in [0.15, 0.2) is 9.84 Å². The first-order chi connectivity index (χ1) is 13.9. The van der Waals surface area contributed by atoms with Crippen LogP contribution in [0.4, 0.5) is 5.69 Å². The van der Waals surface area contributed by atoms with Gasteiger partial charge in [0.25, 0.3) is 0 Å². The lowest BCUT2D eigenvalue weighted by Gasteiger charge is -2.43. The fourth-order valence-electron chi connectivity index (χ4n) is 4.34. The molecule has 2 heterocycles. The van der Waals surface area contributed by atoms with Crippen LogP contribution >= 0.6 is 11.6 Å². The van der Waals surface area contributed by atoms with Gasteiger partial charge < -0.3 is 9.64 Å². The number of carbonyl (C=O) groups is 1. The molecule has 2 atom stereocenters. The quantitative estimate of drug-likeness (QED) is 0.723. The molecule has 29 heavy (non-hydrogen) atoms. The monoisotopic (exact) mass is 434 g/mol. The molecule has 1 amide bonds. The van der Waals surface area contributed by atoms with Gasteiger partial charge in [-0.3, -0.25) is 9.69 Å². The van der Waals surface area contributed by atoms with Crippen molar-refractivity contribution in [2.45, 2.75) is 18.5 Å². The predicted octanol–water partition coefficient (Wildman–Crippen LogP) is 2.41. The van der Waals surface area contributed by atoms with Crippen molar-refractivity contribution in [2.75, 3.05) is 36.6 Å². The van der Waals surface area contributed by atoms with E-state index >= 15 is 0 Å². The fraction of sp³-hybridized carbons (Fsp3) is 0.381. The number of para-hydroxylation sites is 1. The van der Waals surface area contributed by atoms with Crippen LogP contribution < -0.4 is 9.64 Å². The normalized spacial score (nSPS) is 23.8. The summed E-state index contributed by atoms with van der Waals surface area (Å²) in [6.07, 6.45) is 0.678. The molecule has 0 aliphatic carbocycles.